The van der Waals surface area contributed by atoms with Crippen molar-refractivity contribution in [3.63, 3.8) is 0 Å². The van der Waals surface area contributed by atoms with Gasteiger partial charge in [-0.3, -0.25) is 9.67 Å². The number of nitrogens with zero attached hydrogens (tertiary/aromatic N) is 6. The van der Waals surface area contributed by atoms with Crippen molar-refractivity contribution in [3.8, 4) is 11.8 Å². The first-order valence-electron chi connectivity index (χ1n) is 8.39. The van der Waals surface area contributed by atoms with Crippen LogP contribution in [0.2, 0.25) is 0 Å². The maximum Gasteiger partial charge on any atom is 0.225 e. The minimum absolute atomic E-state index is 0.512. The molecule has 0 spiro atoms. The van der Waals surface area contributed by atoms with Gasteiger partial charge in [-0.15, -0.1) is 11.8 Å². The minimum atomic E-state index is 0.512. The van der Waals surface area contributed by atoms with Gasteiger partial charge in [0.05, 0.1) is 38.2 Å². The molecule has 0 aliphatic carbocycles. The zero-order chi connectivity index (χ0) is 19.1. The van der Waals surface area contributed by atoms with E-state index in [4.69, 9.17) is 9.47 Å². The van der Waals surface area contributed by atoms with Crippen molar-refractivity contribution < 1.29 is 9.47 Å². The number of thioether (sulfide) groups is 1. The molecule has 27 heavy (non-hydrogen) atoms. The molecule has 0 saturated carbocycles. The van der Waals surface area contributed by atoms with Crippen molar-refractivity contribution in [1.29, 1.82) is 0 Å². The molecule has 0 aromatic carbocycles. The number of hydrogen-bond donors (Lipinski definition) is 0. The molecule has 0 atom stereocenters. The van der Waals surface area contributed by atoms with Crippen LogP contribution < -0.4 is 14.4 Å². The summed E-state index contributed by atoms with van der Waals surface area (Å²) in [6.45, 7) is 1.36. The highest BCUT2D eigenvalue weighted by molar-refractivity contribution is 7.99. The SMILES string of the molecule is COc1ncnc(OC)c1CN(CCSc1ccncc1)c1cnn(C)c1. The van der Waals surface area contributed by atoms with E-state index < -0.39 is 0 Å². The van der Waals surface area contributed by atoms with Crippen molar-refractivity contribution >= 4 is 17.4 Å². The maximum absolute atomic E-state index is 5.41. The Bertz CT molecular complexity index is 836. The van der Waals surface area contributed by atoms with E-state index in [1.807, 2.05) is 31.6 Å². The van der Waals surface area contributed by atoms with Crippen LogP contribution in [0, 0.1) is 0 Å². The average Bonchev–Trinajstić information content (AvgIpc) is 3.14. The molecule has 0 aliphatic rings. The molecule has 0 bridgehead atoms. The van der Waals surface area contributed by atoms with Crippen molar-refractivity contribution in [3.05, 3.63) is 48.8 Å². The Morgan fingerprint density at radius 2 is 1.81 bits per heavy atom. The fraction of sp³-hybridized carbons (Fsp3) is 0.333. The Morgan fingerprint density at radius 1 is 1.11 bits per heavy atom. The van der Waals surface area contributed by atoms with Crippen LogP contribution in [-0.4, -0.2) is 51.2 Å². The van der Waals surface area contributed by atoms with Crippen LogP contribution in [0.15, 0.2) is 48.1 Å². The van der Waals surface area contributed by atoms with E-state index in [2.05, 4.69) is 25.0 Å². The first-order chi connectivity index (χ1) is 13.2. The second-order valence-electron chi connectivity index (χ2n) is 5.70. The van der Waals surface area contributed by atoms with Crippen LogP contribution >= 0.6 is 11.8 Å². The Hall–Kier alpha value is -2.81. The van der Waals surface area contributed by atoms with Gasteiger partial charge in [0.1, 0.15) is 6.33 Å². The number of aromatic nitrogens is 5. The lowest BCUT2D eigenvalue weighted by Crippen LogP contribution is -2.26. The van der Waals surface area contributed by atoms with Crippen molar-refractivity contribution in [2.75, 3.05) is 31.4 Å². The van der Waals surface area contributed by atoms with E-state index in [0.29, 0.717) is 18.3 Å². The maximum atomic E-state index is 5.41. The molecule has 9 heteroatoms. The van der Waals surface area contributed by atoms with E-state index in [9.17, 15) is 0 Å². The minimum Gasteiger partial charge on any atom is -0.481 e. The second kappa shape index (κ2) is 9.22. The number of anilines is 1. The molecule has 0 saturated heterocycles. The van der Waals surface area contributed by atoms with Gasteiger partial charge < -0.3 is 14.4 Å². The number of rotatable bonds is 9. The van der Waals surface area contributed by atoms with Crippen molar-refractivity contribution in [1.82, 2.24) is 24.7 Å². The molecule has 142 valence electrons. The molecule has 0 unspecified atom stereocenters. The predicted molar refractivity (Wildman–Crippen MR) is 104 cm³/mol. The number of pyridine rings is 1. The topological polar surface area (TPSA) is 78.2 Å². The van der Waals surface area contributed by atoms with Crippen molar-refractivity contribution in [2.45, 2.75) is 11.4 Å². The Balaban J connectivity index is 1.79. The van der Waals surface area contributed by atoms with Gasteiger partial charge in [-0.2, -0.15) is 5.10 Å². The molecule has 3 aromatic heterocycles. The fourth-order valence-electron chi connectivity index (χ4n) is 2.64. The molecule has 0 aliphatic heterocycles. The average molecular weight is 386 g/mol. The number of ether oxygens (including phenoxy) is 2. The molecule has 3 heterocycles. The van der Waals surface area contributed by atoms with Crippen LogP contribution in [-0.2, 0) is 13.6 Å². The monoisotopic (exact) mass is 386 g/mol. The summed E-state index contributed by atoms with van der Waals surface area (Å²) in [5, 5.41) is 4.30. The second-order valence-corrected chi connectivity index (χ2v) is 6.86. The van der Waals surface area contributed by atoms with E-state index >= 15 is 0 Å². The quantitative estimate of drug-likeness (QED) is 0.519. The molecular weight excluding hydrogens is 364 g/mol. The number of hydrogen-bond acceptors (Lipinski definition) is 8. The lowest BCUT2D eigenvalue weighted by Gasteiger charge is -2.24. The first kappa shape index (κ1) is 19.0. The van der Waals surface area contributed by atoms with Crippen LogP contribution in [0.25, 0.3) is 0 Å². The van der Waals surface area contributed by atoms with Gasteiger partial charge in [-0.1, -0.05) is 0 Å². The van der Waals surface area contributed by atoms with Gasteiger partial charge in [0, 0.05) is 42.8 Å². The predicted octanol–water partition coefficient (Wildman–Crippen LogP) is 2.42. The van der Waals surface area contributed by atoms with Crippen LogP contribution in [0.1, 0.15) is 5.56 Å². The third-order valence-electron chi connectivity index (χ3n) is 3.94. The summed E-state index contributed by atoms with van der Waals surface area (Å²) in [5.41, 5.74) is 1.82. The highest BCUT2D eigenvalue weighted by atomic mass is 32.2. The molecule has 0 radical (unpaired) electrons. The summed E-state index contributed by atoms with van der Waals surface area (Å²) in [4.78, 5) is 15.9. The molecule has 0 N–H and O–H groups in total. The Labute approximate surface area is 162 Å². The van der Waals surface area contributed by atoms with Gasteiger partial charge in [0.15, 0.2) is 0 Å². The molecule has 0 amide bonds. The number of methoxy groups -OCH3 is 2. The first-order valence-corrected chi connectivity index (χ1v) is 9.38. The summed E-state index contributed by atoms with van der Waals surface area (Å²) in [5.74, 6) is 1.92. The van der Waals surface area contributed by atoms with Gasteiger partial charge in [0.25, 0.3) is 0 Å². The number of aryl methyl sites for hydroxylation is 1. The van der Waals surface area contributed by atoms with Crippen molar-refractivity contribution in [2.24, 2.45) is 7.05 Å². The highest BCUT2D eigenvalue weighted by Crippen LogP contribution is 2.28. The molecule has 0 fully saturated rings. The summed E-state index contributed by atoms with van der Waals surface area (Å²) < 4.78 is 12.6. The van der Waals surface area contributed by atoms with Crippen LogP contribution in [0.4, 0.5) is 5.69 Å². The lowest BCUT2D eigenvalue weighted by molar-refractivity contribution is 0.361. The molecule has 3 rings (SSSR count). The van der Waals surface area contributed by atoms with Gasteiger partial charge in [0.2, 0.25) is 11.8 Å². The van der Waals surface area contributed by atoms with Gasteiger partial charge >= 0.3 is 0 Å². The van der Waals surface area contributed by atoms with Gasteiger partial charge in [-0.05, 0) is 12.1 Å². The van der Waals surface area contributed by atoms with Crippen LogP contribution in [0.3, 0.4) is 0 Å². The summed E-state index contributed by atoms with van der Waals surface area (Å²) in [7, 11) is 5.10. The summed E-state index contributed by atoms with van der Waals surface area (Å²) in [6.07, 6.45) is 8.88. The zero-order valence-electron chi connectivity index (χ0n) is 15.6. The van der Waals surface area contributed by atoms with Crippen LogP contribution in [0.5, 0.6) is 11.8 Å². The molecule has 3 aromatic rings. The molecular formula is C18H22N6O2S. The summed E-state index contributed by atoms with van der Waals surface area (Å²) >= 11 is 1.78. The third kappa shape index (κ3) is 4.88. The fourth-order valence-corrected chi connectivity index (χ4v) is 3.50. The Kier molecular flexibility index (Phi) is 6.48. The standard InChI is InChI=1S/C18H22N6O2S/c1-23-11-14(10-22-23)24(8-9-27-15-4-6-19-7-5-15)12-16-17(25-2)20-13-21-18(16)26-3/h4-7,10-11,13H,8-9,12H2,1-3H3. The van der Waals surface area contributed by atoms with E-state index in [-0.39, 0.29) is 0 Å². The summed E-state index contributed by atoms with van der Waals surface area (Å²) in [6, 6.07) is 4.02. The highest BCUT2D eigenvalue weighted by Gasteiger charge is 2.18. The third-order valence-corrected chi connectivity index (χ3v) is 4.93. The van der Waals surface area contributed by atoms with Gasteiger partial charge in [-0.25, -0.2) is 9.97 Å². The largest absolute Gasteiger partial charge is 0.481 e. The smallest absolute Gasteiger partial charge is 0.225 e. The van der Waals surface area contributed by atoms with E-state index in [0.717, 1.165) is 23.5 Å². The zero-order valence-corrected chi connectivity index (χ0v) is 16.4. The molecule has 8 nitrogen and oxygen atoms in total. The van der Waals surface area contributed by atoms with E-state index in [1.165, 1.54) is 11.2 Å². The Morgan fingerprint density at radius 3 is 2.41 bits per heavy atom. The lowest BCUT2D eigenvalue weighted by atomic mass is 10.2. The van der Waals surface area contributed by atoms with E-state index in [1.54, 1.807) is 43.1 Å². The normalized spacial score (nSPS) is 10.6.